The molecule has 0 aliphatic heterocycles. The number of likely N-dealkylation sites (N-methyl/N-ethyl adjacent to an activating group) is 1. The number of aromatic nitrogens is 2. The van der Waals surface area contributed by atoms with Gasteiger partial charge in [-0.25, -0.2) is 9.48 Å². The second kappa shape index (κ2) is 9.02. The molecule has 0 radical (unpaired) electrons. The number of halogens is 1. The van der Waals surface area contributed by atoms with E-state index in [9.17, 15) is 9.59 Å². The molecular formula is C18H19ClN4O3. The van der Waals surface area contributed by atoms with Crippen LogP contribution in [0.2, 0.25) is 5.15 Å². The number of carbonyl (C=O) groups is 2. The van der Waals surface area contributed by atoms with Gasteiger partial charge in [0.05, 0.1) is 24.7 Å². The van der Waals surface area contributed by atoms with Crippen molar-refractivity contribution < 1.29 is 14.3 Å². The molecule has 0 saturated heterocycles. The van der Waals surface area contributed by atoms with Gasteiger partial charge in [-0.15, -0.1) is 0 Å². The number of amides is 1. The third-order valence-corrected chi connectivity index (χ3v) is 4.14. The fourth-order valence-corrected chi connectivity index (χ4v) is 2.61. The van der Waals surface area contributed by atoms with E-state index in [1.54, 1.807) is 14.0 Å². The molecular weight excluding hydrogens is 356 g/mol. The van der Waals surface area contributed by atoms with Crippen molar-refractivity contribution in [2.75, 3.05) is 20.2 Å². The molecule has 0 aliphatic carbocycles. The van der Waals surface area contributed by atoms with Gasteiger partial charge in [0.25, 0.3) is 5.91 Å². The molecule has 0 saturated carbocycles. The maximum absolute atomic E-state index is 12.3. The minimum atomic E-state index is -0.700. The first-order chi connectivity index (χ1) is 12.4. The van der Waals surface area contributed by atoms with Gasteiger partial charge in [-0.2, -0.15) is 10.4 Å². The van der Waals surface area contributed by atoms with E-state index in [0.29, 0.717) is 12.2 Å². The predicted molar refractivity (Wildman–Crippen MR) is 95.7 cm³/mol. The van der Waals surface area contributed by atoms with E-state index in [0.717, 1.165) is 5.56 Å². The molecule has 136 valence electrons. The van der Waals surface area contributed by atoms with Crippen LogP contribution in [0.25, 0.3) is 0 Å². The predicted octanol–water partition coefficient (Wildman–Crippen LogP) is 2.42. The molecule has 1 heterocycles. The van der Waals surface area contributed by atoms with Crippen molar-refractivity contribution in [3.63, 3.8) is 0 Å². The average Bonchev–Trinajstić information content (AvgIpc) is 2.91. The Hall–Kier alpha value is -2.85. The molecule has 2 rings (SSSR count). The van der Waals surface area contributed by atoms with Crippen LogP contribution in [-0.2, 0) is 16.1 Å². The van der Waals surface area contributed by atoms with Gasteiger partial charge in [0, 0.05) is 13.6 Å². The van der Waals surface area contributed by atoms with Crippen molar-refractivity contribution in [2.24, 2.45) is 0 Å². The van der Waals surface area contributed by atoms with Crippen LogP contribution in [0.15, 0.2) is 30.3 Å². The zero-order chi connectivity index (χ0) is 19.1. The van der Waals surface area contributed by atoms with Gasteiger partial charge in [0.2, 0.25) is 0 Å². The van der Waals surface area contributed by atoms with E-state index >= 15 is 0 Å². The summed E-state index contributed by atoms with van der Waals surface area (Å²) in [6.45, 7) is 1.94. The standard InChI is InChI=1S/C18H19ClN4O3/c1-13-16(18(25)26-12-15(24)22(2)10-6-9-20)17(19)23(21-13)11-14-7-4-3-5-8-14/h3-5,7-8H,6,10-12H2,1-2H3. The van der Waals surface area contributed by atoms with E-state index < -0.39 is 12.6 Å². The molecule has 1 aromatic heterocycles. The lowest BCUT2D eigenvalue weighted by molar-refractivity contribution is -0.133. The smallest absolute Gasteiger partial charge is 0.343 e. The number of nitriles is 1. The Morgan fingerprint density at radius 1 is 1.35 bits per heavy atom. The van der Waals surface area contributed by atoms with Gasteiger partial charge in [0.15, 0.2) is 6.61 Å². The summed E-state index contributed by atoms with van der Waals surface area (Å²) < 4.78 is 6.58. The van der Waals surface area contributed by atoms with Crippen LogP contribution < -0.4 is 0 Å². The lowest BCUT2D eigenvalue weighted by Crippen LogP contribution is -2.32. The number of carbonyl (C=O) groups excluding carboxylic acids is 2. The number of rotatable bonds is 7. The number of hydrogen-bond acceptors (Lipinski definition) is 5. The maximum Gasteiger partial charge on any atom is 0.343 e. The van der Waals surface area contributed by atoms with Crippen LogP contribution in [0, 0.1) is 18.3 Å². The fraction of sp³-hybridized carbons (Fsp3) is 0.333. The third-order valence-electron chi connectivity index (χ3n) is 3.76. The Morgan fingerprint density at radius 3 is 2.69 bits per heavy atom. The topological polar surface area (TPSA) is 88.2 Å². The van der Waals surface area contributed by atoms with Crippen LogP contribution in [0.3, 0.4) is 0 Å². The second-order valence-corrected chi connectivity index (χ2v) is 6.05. The zero-order valence-corrected chi connectivity index (χ0v) is 15.4. The minimum Gasteiger partial charge on any atom is -0.452 e. The van der Waals surface area contributed by atoms with Crippen LogP contribution in [0.5, 0.6) is 0 Å². The van der Waals surface area contributed by atoms with Crippen LogP contribution >= 0.6 is 11.6 Å². The Balaban J connectivity index is 2.03. The average molecular weight is 375 g/mol. The molecule has 0 aliphatic rings. The number of hydrogen-bond donors (Lipinski definition) is 0. The van der Waals surface area contributed by atoms with Gasteiger partial charge in [0.1, 0.15) is 10.7 Å². The quantitative estimate of drug-likeness (QED) is 0.694. The second-order valence-electron chi connectivity index (χ2n) is 5.69. The molecule has 1 amide bonds. The molecule has 2 aromatic rings. The van der Waals surface area contributed by atoms with Crippen molar-refractivity contribution in [3.8, 4) is 6.07 Å². The number of ether oxygens (including phenoxy) is 1. The van der Waals surface area contributed by atoms with Crippen LogP contribution in [0.4, 0.5) is 0 Å². The van der Waals surface area contributed by atoms with E-state index in [2.05, 4.69) is 5.10 Å². The van der Waals surface area contributed by atoms with Gasteiger partial charge in [-0.05, 0) is 12.5 Å². The summed E-state index contributed by atoms with van der Waals surface area (Å²) in [6, 6.07) is 11.5. The summed E-state index contributed by atoms with van der Waals surface area (Å²) in [6.07, 6.45) is 0.216. The minimum absolute atomic E-state index is 0.148. The SMILES string of the molecule is Cc1nn(Cc2ccccc2)c(Cl)c1C(=O)OCC(=O)N(C)CCC#N. The normalized spacial score (nSPS) is 10.2. The van der Waals surface area contributed by atoms with Crippen molar-refractivity contribution in [3.05, 3.63) is 52.3 Å². The first kappa shape index (κ1) is 19.5. The molecule has 0 unspecified atom stereocenters. The van der Waals surface area contributed by atoms with E-state index in [4.69, 9.17) is 21.6 Å². The van der Waals surface area contributed by atoms with Crippen LogP contribution in [0.1, 0.15) is 28.0 Å². The first-order valence-electron chi connectivity index (χ1n) is 7.99. The van der Waals surface area contributed by atoms with Crippen molar-refractivity contribution in [1.29, 1.82) is 5.26 Å². The molecule has 0 spiro atoms. The first-order valence-corrected chi connectivity index (χ1v) is 8.36. The molecule has 1 aromatic carbocycles. The number of nitrogens with zero attached hydrogens (tertiary/aromatic N) is 4. The number of aryl methyl sites for hydroxylation is 1. The molecule has 0 atom stereocenters. The highest BCUT2D eigenvalue weighted by molar-refractivity contribution is 6.32. The number of benzene rings is 1. The lowest BCUT2D eigenvalue weighted by atomic mass is 10.2. The summed E-state index contributed by atoms with van der Waals surface area (Å²) in [4.78, 5) is 25.5. The highest BCUT2D eigenvalue weighted by Gasteiger charge is 2.23. The van der Waals surface area contributed by atoms with E-state index in [1.165, 1.54) is 9.58 Å². The van der Waals surface area contributed by atoms with Gasteiger partial charge < -0.3 is 9.64 Å². The van der Waals surface area contributed by atoms with E-state index in [1.807, 2.05) is 36.4 Å². The van der Waals surface area contributed by atoms with Gasteiger partial charge >= 0.3 is 5.97 Å². The summed E-state index contributed by atoms with van der Waals surface area (Å²) in [5.41, 5.74) is 1.57. The summed E-state index contributed by atoms with van der Waals surface area (Å²) in [7, 11) is 1.55. The Labute approximate surface area is 156 Å². The van der Waals surface area contributed by atoms with Crippen molar-refractivity contribution in [2.45, 2.75) is 19.9 Å². The highest BCUT2D eigenvalue weighted by Crippen LogP contribution is 2.22. The zero-order valence-electron chi connectivity index (χ0n) is 14.6. The molecule has 8 heteroatoms. The molecule has 26 heavy (non-hydrogen) atoms. The Bertz CT molecular complexity index is 827. The third kappa shape index (κ3) is 4.83. The maximum atomic E-state index is 12.3. The molecule has 0 N–H and O–H groups in total. The summed E-state index contributed by atoms with van der Waals surface area (Å²) in [5.74, 6) is -1.09. The largest absolute Gasteiger partial charge is 0.452 e. The monoisotopic (exact) mass is 374 g/mol. The number of esters is 1. The van der Waals surface area contributed by atoms with Crippen LogP contribution in [-0.4, -0.2) is 46.8 Å². The molecule has 0 fully saturated rings. The fourth-order valence-electron chi connectivity index (χ4n) is 2.30. The lowest BCUT2D eigenvalue weighted by Gasteiger charge is -2.15. The summed E-state index contributed by atoms with van der Waals surface area (Å²) >= 11 is 6.29. The van der Waals surface area contributed by atoms with Gasteiger partial charge in [-0.1, -0.05) is 41.9 Å². The Morgan fingerprint density at radius 2 is 2.04 bits per heavy atom. The van der Waals surface area contributed by atoms with Crippen molar-refractivity contribution >= 4 is 23.5 Å². The van der Waals surface area contributed by atoms with Crippen molar-refractivity contribution in [1.82, 2.24) is 14.7 Å². The Kier molecular flexibility index (Phi) is 6.75. The van der Waals surface area contributed by atoms with E-state index in [-0.39, 0.29) is 29.6 Å². The molecule has 7 nitrogen and oxygen atoms in total. The highest BCUT2D eigenvalue weighted by atomic mass is 35.5. The van der Waals surface area contributed by atoms with Gasteiger partial charge in [-0.3, -0.25) is 4.79 Å². The summed E-state index contributed by atoms with van der Waals surface area (Å²) in [5, 5.41) is 13.0. The molecule has 0 bridgehead atoms.